The van der Waals surface area contributed by atoms with E-state index in [1.54, 1.807) is 6.07 Å². The van der Waals surface area contributed by atoms with Gasteiger partial charge in [0.05, 0.1) is 14.2 Å². The number of rotatable bonds is 3. The number of carbonyl (C=O) groups is 2. The summed E-state index contributed by atoms with van der Waals surface area (Å²) in [5, 5.41) is 3.46. The number of nitrogens with two attached hydrogens (primary N) is 1. The van der Waals surface area contributed by atoms with Crippen molar-refractivity contribution in [1.82, 2.24) is 0 Å². The molecule has 0 atom stereocenters. The lowest BCUT2D eigenvalue weighted by atomic mass is 10.1. The maximum absolute atomic E-state index is 12.3. The van der Waals surface area contributed by atoms with Crippen molar-refractivity contribution in [1.29, 1.82) is 0 Å². The molecule has 7 heteroatoms. The Bertz CT molecular complexity index is 736. The SMILES string of the molecule is NC(=O)c1c(NC(=O)c2ccc(Br)s2)sc2c1CCCCC2. The summed E-state index contributed by atoms with van der Waals surface area (Å²) >= 11 is 6.20. The van der Waals surface area contributed by atoms with Gasteiger partial charge in [0.1, 0.15) is 5.00 Å². The third-order valence-electron chi connectivity index (χ3n) is 3.69. The van der Waals surface area contributed by atoms with E-state index in [-0.39, 0.29) is 5.91 Å². The van der Waals surface area contributed by atoms with Gasteiger partial charge in [0.15, 0.2) is 0 Å². The van der Waals surface area contributed by atoms with Gasteiger partial charge in [-0.3, -0.25) is 9.59 Å². The predicted octanol–water partition coefficient (Wildman–Crippen LogP) is 4.19. The summed E-state index contributed by atoms with van der Waals surface area (Å²) in [7, 11) is 0. The van der Waals surface area contributed by atoms with Gasteiger partial charge in [-0.05, 0) is 59.3 Å². The monoisotopic (exact) mass is 398 g/mol. The summed E-state index contributed by atoms with van der Waals surface area (Å²) in [6.07, 6.45) is 5.18. The number of hydrogen-bond acceptors (Lipinski definition) is 4. The molecule has 0 aliphatic heterocycles. The molecule has 1 aliphatic carbocycles. The summed E-state index contributed by atoms with van der Waals surface area (Å²) in [5.74, 6) is -0.656. The minimum absolute atomic E-state index is 0.199. The van der Waals surface area contributed by atoms with Gasteiger partial charge in [0.25, 0.3) is 11.8 Å². The first kappa shape index (κ1) is 15.7. The molecule has 0 saturated heterocycles. The van der Waals surface area contributed by atoms with Gasteiger partial charge < -0.3 is 11.1 Å². The highest BCUT2D eigenvalue weighted by Gasteiger charge is 2.24. The Morgan fingerprint density at radius 1 is 1.14 bits per heavy atom. The predicted molar refractivity (Wildman–Crippen MR) is 94.1 cm³/mol. The molecule has 3 N–H and O–H groups in total. The molecule has 2 aromatic heterocycles. The molecule has 2 heterocycles. The van der Waals surface area contributed by atoms with Crippen molar-refractivity contribution in [3.05, 3.63) is 36.8 Å². The van der Waals surface area contributed by atoms with Gasteiger partial charge in [-0.25, -0.2) is 0 Å². The molecule has 116 valence electrons. The Morgan fingerprint density at radius 3 is 2.59 bits per heavy atom. The van der Waals surface area contributed by atoms with Crippen LogP contribution in [0, 0.1) is 0 Å². The van der Waals surface area contributed by atoms with Crippen molar-refractivity contribution in [3.63, 3.8) is 0 Å². The standard InChI is InChI=1S/C15H15BrN2O2S2/c16-11-7-6-10(21-11)14(20)18-15-12(13(17)19)8-4-2-1-3-5-9(8)22-15/h6-7H,1-5H2,(H2,17,19)(H,18,20). The van der Waals surface area contributed by atoms with Crippen LogP contribution in [-0.4, -0.2) is 11.8 Å². The minimum atomic E-state index is -0.456. The molecule has 0 bridgehead atoms. The molecule has 3 rings (SSSR count). The Balaban J connectivity index is 1.93. The lowest BCUT2D eigenvalue weighted by Gasteiger charge is -2.05. The first-order chi connectivity index (χ1) is 10.6. The number of carbonyl (C=O) groups excluding carboxylic acids is 2. The quantitative estimate of drug-likeness (QED) is 0.760. The van der Waals surface area contributed by atoms with Gasteiger partial charge in [0.2, 0.25) is 0 Å². The summed E-state index contributed by atoms with van der Waals surface area (Å²) < 4.78 is 0.898. The van der Waals surface area contributed by atoms with Crippen LogP contribution >= 0.6 is 38.6 Å². The molecule has 0 fully saturated rings. The minimum Gasteiger partial charge on any atom is -0.365 e. The lowest BCUT2D eigenvalue weighted by Crippen LogP contribution is -2.17. The van der Waals surface area contributed by atoms with E-state index >= 15 is 0 Å². The summed E-state index contributed by atoms with van der Waals surface area (Å²) in [6.45, 7) is 0. The third-order valence-corrected chi connectivity index (χ3v) is 6.52. The molecule has 0 saturated carbocycles. The number of aryl methyl sites for hydroxylation is 1. The van der Waals surface area contributed by atoms with Crippen LogP contribution in [0.3, 0.4) is 0 Å². The number of anilines is 1. The highest BCUT2D eigenvalue weighted by molar-refractivity contribution is 9.11. The summed E-state index contributed by atoms with van der Waals surface area (Å²) in [4.78, 5) is 26.0. The zero-order valence-electron chi connectivity index (χ0n) is 11.8. The highest BCUT2D eigenvalue weighted by Crippen LogP contribution is 2.37. The average molecular weight is 399 g/mol. The zero-order chi connectivity index (χ0) is 15.7. The smallest absolute Gasteiger partial charge is 0.266 e. The maximum Gasteiger partial charge on any atom is 0.266 e. The van der Waals surface area contributed by atoms with Crippen LogP contribution in [0.1, 0.15) is 49.7 Å². The van der Waals surface area contributed by atoms with E-state index in [0.717, 1.165) is 35.0 Å². The second kappa shape index (κ2) is 6.52. The molecule has 0 aromatic carbocycles. The van der Waals surface area contributed by atoms with Crippen molar-refractivity contribution >= 4 is 55.4 Å². The van der Waals surface area contributed by atoms with E-state index < -0.39 is 5.91 Å². The number of primary amides is 1. The fourth-order valence-corrected chi connectivity index (χ4v) is 5.26. The number of nitrogens with one attached hydrogen (secondary N) is 1. The van der Waals surface area contributed by atoms with Crippen molar-refractivity contribution in [3.8, 4) is 0 Å². The fourth-order valence-electron chi connectivity index (χ4n) is 2.69. The van der Waals surface area contributed by atoms with E-state index in [9.17, 15) is 9.59 Å². The van der Waals surface area contributed by atoms with E-state index in [1.807, 2.05) is 6.07 Å². The molecule has 1 aliphatic rings. The lowest BCUT2D eigenvalue weighted by molar-refractivity contribution is 0.100. The molecule has 2 amide bonds. The first-order valence-corrected chi connectivity index (χ1v) is 9.50. The van der Waals surface area contributed by atoms with Gasteiger partial charge in [-0.1, -0.05) is 6.42 Å². The Labute approximate surface area is 144 Å². The second-order valence-corrected chi connectivity index (χ2v) is 8.76. The fraction of sp³-hybridized carbons (Fsp3) is 0.333. The van der Waals surface area contributed by atoms with Crippen molar-refractivity contribution in [2.24, 2.45) is 5.73 Å². The summed E-state index contributed by atoms with van der Waals surface area (Å²) in [6, 6.07) is 3.59. The van der Waals surface area contributed by atoms with E-state index in [4.69, 9.17) is 5.73 Å². The number of amides is 2. The number of thiophene rings is 2. The van der Waals surface area contributed by atoms with E-state index in [1.165, 1.54) is 34.0 Å². The Morgan fingerprint density at radius 2 is 1.91 bits per heavy atom. The Hall–Kier alpha value is -1.18. The molecular formula is C15H15BrN2O2S2. The molecule has 4 nitrogen and oxygen atoms in total. The van der Waals surface area contributed by atoms with Crippen molar-refractivity contribution in [2.45, 2.75) is 32.1 Å². The van der Waals surface area contributed by atoms with Gasteiger partial charge >= 0.3 is 0 Å². The van der Waals surface area contributed by atoms with Gasteiger partial charge in [-0.2, -0.15) is 0 Å². The van der Waals surface area contributed by atoms with E-state index in [2.05, 4.69) is 21.2 Å². The maximum atomic E-state index is 12.3. The molecule has 0 spiro atoms. The van der Waals surface area contributed by atoms with Gasteiger partial charge in [-0.15, -0.1) is 22.7 Å². The normalized spacial score (nSPS) is 14.2. The molecular weight excluding hydrogens is 384 g/mol. The van der Waals surface area contributed by atoms with Crippen molar-refractivity contribution < 1.29 is 9.59 Å². The highest BCUT2D eigenvalue weighted by atomic mass is 79.9. The van der Waals surface area contributed by atoms with Crippen molar-refractivity contribution in [2.75, 3.05) is 5.32 Å². The average Bonchev–Trinajstić information content (AvgIpc) is 2.96. The third kappa shape index (κ3) is 3.11. The second-order valence-electron chi connectivity index (χ2n) is 5.19. The Kier molecular flexibility index (Phi) is 4.65. The summed E-state index contributed by atoms with van der Waals surface area (Å²) in [5.41, 5.74) is 7.11. The number of halogens is 1. The van der Waals surface area contributed by atoms with Crippen LogP contribution in [0.2, 0.25) is 0 Å². The van der Waals surface area contributed by atoms with Gasteiger partial charge in [0, 0.05) is 4.88 Å². The van der Waals surface area contributed by atoms with Crippen LogP contribution < -0.4 is 11.1 Å². The number of hydrogen-bond donors (Lipinski definition) is 2. The largest absolute Gasteiger partial charge is 0.365 e. The molecule has 2 aromatic rings. The topological polar surface area (TPSA) is 72.2 Å². The van der Waals surface area contributed by atoms with Crippen LogP contribution in [-0.2, 0) is 12.8 Å². The molecule has 22 heavy (non-hydrogen) atoms. The van der Waals surface area contributed by atoms with E-state index in [0.29, 0.717) is 15.4 Å². The van der Waals surface area contributed by atoms with Crippen LogP contribution in [0.4, 0.5) is 5.00 Å². The number of fused-ring (bicyclic) bond motifs is 1. The van der Waals surface area contributed by atoms with Crippen LogP contribution in [0.15, 0.2) is 15.9 Å². The van der Waals surface area contributed by atoms with Crippen LogP contribution in [0.5, 0.6) is 0 Å². The molecule has 0 unspecified atom stereocenters. The van der Waals surface area contributed by atoms with Crippen LogP contribution in [0.25, 0.3) is 0 Å². The molecule has 0 radical (unpaired) electrons. The zero-order valence-corrected chi connectivity index (χ0v) is 15.0. The first-order valence-electron chi connectivity index (χ1n) is 7.07.